The van der Waals surface area contributed by atoms with E-state index in [1.165, 1.54) is 6.92 Å². The molecule has 0 radical (unpaired) electrons. The van der Waals surface area contributed by atoms with Gasteiger partial charge in [-0.25, -0.2) is 10.3 Å². The lowest BCUT2D eigenvalue weighted by atomic mass is 10.2. The summed E-state index contributed by atoms with van der Waals surface area (Å²) in [6, 6.07) is 7.36. The molecule has 0 bridgehead atoms. The number of carbonyl (C=O) groups excluding carboxylic acids is 2. The number of hydrogen-bond donors (Lipinski definition) is 1. The highest BCUT2D eigenvalue weighted by Gasteiger charge is 2.06. The topological polar surface area (TPSA) is 55.4 Å². The maximum atomic E-state index is 11.0. The van der Waals surface area contributed by atoms with Crippen molar-refractivity contribution >= 4 is 17.4 Å². The van der Waals surface area contributed by atoms with Crippen molar-refractivity contribution in [3.63, 3.8) is 0 Å². The molecule has 4 heteroatoms. The molecule has 0 heterocycles. The van der Waals surface area contributed by atoms with E-state index in [1.807, 2.05) is 19.1 Å². The Morgan fingerprint density at radius 1 is 1.27 bits per heavy atom. The minimum Gasteiger partial charge on any atom is -0.343 e. The van der Waals surface area contributed by atoms with Crippen LogP contribution in [0.5, 0.6) is 0 Å². The van der Waals surface area contributed by atoms with E-state index in [1.54, 1.807) is 12.1 Å². The summed E-state index contributed by atoms with van der Waals surface area (Å²) in [4.78, 5) is 26.2. The predicted molar refractivity (Wildman–Crippen MR) is 56.2 cm³/mol. The maximum Gasteiger partial charge on any atom is 0.339 e. The van der Waals surface area contributed by atoms with Gasteiger partial charge in [-0.2, -0.15) is 0 Å². The molecule has 0 aliphatic heterocycles. The van der Waals surface area contributed by atoms with Gasteiger partial charge in [0.2, 0.25) is 0 Å². The van der Waals surface area contributed by atoms with E-state index in [0.29, 0.717) is 5.69 Å². The first kappa shape index (κ1) is 11.2. The van der Waals surface area contributed by atoms with Gasteiger partial charge in [-0.05, 0) is 26.0 Å². The smallest absolute Gasteiger partial charge is 0.339 e. The van der Waals surface area contributed by atoms with Crippen molar-refractivity contribution in [1.82, 2.24) is 0 Å². The largest absolute Gasteiger partial charge is 0.343 e. The van der Waals surface area contributed by atoms with Crippen molar-refractivity contribution in [2.45, 2.75) is 20.3 Å². The van der Waals surface area contributed by atoms with Gasteiger partial charge in [0.15, 0.2) is 0 Å². The molecule has 0 atom stereocenters. The highest BCUT2D eigenvalue weighted by molar-refractivity contribution is 5.94. The standard InChI is InChI=1S/C11H13NO3/c1-8-3-5-10(6-4-8)12-15-11(14)7-9(2)13/h3-6,12H,7H2,1-2H3. The van der Waals surface area contributed by atoms with Crippen molar-refractivity contribution in [1.29, 1.82) is 0 Å². The van der Waals surface area contributed by atoms with Crippen LogP contribution in [-0.2, 0) is 14.4 Å². The van der Waals surface area contributed by atoms with Crippen molar-refractivity contribution in [3.8, 4) is 0 Å². The molecule has 1 aromatic rings. The second-order valence-electron chi connectivity index (χ2n) is 3.32. The number of hydrogen-bond acceptors (Lipinski definition) is 4. The number of aryl methyl sites for hydroxylation is 1. The van der Waals surface area contributed by atoms with Gasteiger partial charge in [-0.1, -0.05) is 17.7 Å². The second-order valence-corrected chi connectivity index (χ2v) is 3.32. The Labute approximate surface area is 88.2 Å². The first-order valence-electron chi connectivity index (χ1n) is 4.59. The molecule has 0 saturated carbocycles. The van der Waals surface area contributed by atoms with Crippen LogP contribution in [0.15, 0.2) is 24.3 Å². The van der Waals surface area contributed by atoms with Gasteiger partial charge in [-0.3, -0.25) is 4.79 Å². The van der Waals surface area contributed by atoms with Gasteiger partial charge < -0.3 is 4.84 Å². The van der Waals surface area contributed by atoms with Gasteiger partial charge in [-0.15, -0.1) is 0 Å². The third kappa shape index (κ3) is 4.26. The zero-order valence-electron chi connectivity index (χ0n) is 8.74. The molecule has 1 aromatic carbocycles. The highest BCUT2D eigenvalue weighted by Crippen LogP contribution is 2.08. The summed E-state index contributed by atoms with van der Waals surface area (Å²) < 4.78 is 0. The van der Waals surface area contributed by atoms with Crippen LogP contribution in [0.1, 0.15) is 18.9 Å². The molecule has 1 rings (SSSR count). The molecule has 4 nitrogen and oxygen atoms in total. The average Bonchev–Trinajstić information content (AvgIpc) is 2.16. The van der Waals surface area contributed by atoms with Crippen LogP contribution in [0.2, 0.25) is 0 Å². The van der Waals surface area contributed by atoms with Gasteiger partial charge in [0.25, 0.3) is 0 Å². The summed E-state index contributed by atoms with van der Waals surface area (Å²) in [7, 11) is 0. The molecule has 0 fully saturated rings. The van der Waals surface area contributed by atoms with Crippen molar-refractivity contribution in [2.75, 3.05) is 5.48 Å². The lowest BCUT2D eigenvalue weighted by molar-refractivity contribution is -0.143. The lowest BCUT2D eigenvalue weighted by Gasteiger charge is -2.05. The SMILES string of the molecule is CC(=O)CC(=O)ONc1ccc(C)cc1. The van der Waals surface area contributed by atoms with Gasteiger partial charge in [0.05, 0.1) is 5.69 Å². The summed E-state index contributed by atoms with van der Waals surface area (Å²) in [5.74, 6) is -0.797. The summed E-state index contributed by atoms with van der Waals surface area (Å²) >= 11 is 0. The molecular weight excluding hydrogens is 194 g/mol. The molecule has 15 heavy (non-hydrogen) atoms. The minimum absolute atomic E-state index is 0.209. The zero-order valence-corrected chi connectivity index (χ0v) is 8.74. The van der Waals surface area contributed by atoms with Crippen molar-refractivity contribution in [3.05, 3.63) is 29.8 Å². The predicted octanol–water partition coefficient (Wildman–Crippen LogP) is 1.84. The Kier molecular flexibility index (Phi) is 3.85. The molecule has 0 aliphatic carbocycles. The fourth-order valence-corrected chi connectivity index (χ4v) is 0.977. The van der Waals surface area contributed by atoms with Crippen LogP contribution in [0.4, 0.5) is 5.69 Å². The number of Topliss-reactive ketones (excluding diaryl/α,β-unsaturated/α-hetero) is 1. The first-order chi connectivity index (χ1) is 7.08. The molecule has 80 valence electrons. The third-order valence-corrected chi connectivity index (χ3v) is 1.73. The van der Waals surface area contributed by atoms with E-state index in [4.69, 9.17) is 0 Å². The first-order valence-corrected chi connectivity index (χ1v) is 4.59. The summed E-state index contributed by atoms with van der Waals surface area (Å²) in [5, 5.41) is 0. The third-order valence-electron chi connectivity index (χ3n) is 1.73. The average molecular weight is 207 g/mol. The highest BCUT2D eigenvalue weighted by atomic mass is 16.7. The number of ketones is 1. The van der Waals surface area contributed by atoms with Crippen molar-refractivity contribution < 1.29 is 14.4 Å². The summed E-state index contributed by atoms with van der Waals surface area (Å²) in [6.45, 7) is 3.30. The van der Waals surface area contributed by atoms with Gasteiger partial charge >= 0.3 is 5.97 Å². The summed E-state index contributed by atoms with van der Waals surface area (Å²) in [5.41, 5.74) is 4.27. The number of anilines is 1. The Hall–Kier alpha value is -1.84. The lowest BCUT2D eigenvalue weighted by Crippen LogP contribution is -2.13. The molecule has 0 unspecified atom stereocenters. The van der Waals surface area contributed by atoms with E-state index in [9.17, 15) is 9.59 Å². The summed E-state index contributed by atoms with van der Waals surface area (Å²) in [6.07, 6.45) is -0.209. The normalized spacial score (nSPS) is 9.47. The molecular formula is C11H13NO3. The van der Waals surface area contributed by atoms with Gasteiger partial charge in [0, 0.05) is 0 Å². The Morgan fingerprint density at radius 3 is 2.40 bits per heavy atom. The van der Waals surface area contributed by atoms with Crippen LogP contribution in [0, 0.1) is 6.92 Å². The van der Waals surface area contributed by atoms with Crippen LogP contribution < -0.4 is 5.48 Å². The van der Waals surface area contributed by atoms with Crippen LogP contribution in [-0.4, -0.2) is 11.8 Å². The molecule has 0 saturated heterocycles. The maximum absolute atomic E-state index is 11.0. The number of nitrogens with one attached hydrogen (secondary N) is 1. The number of benzene rings is 1. The van der Waals surface area contributed by atoms with Gasteiger partial charge in [0.1, 0.15) is 12.2 Å². The Bertz CT molecular complexity index is 357. The Morgan fingerprint density at radius 2 is 1.87 bits per heavy atom. The quantitative estimate of drug-likeness (QED) is 0.604. The minimum atomic E-state index is -0.580. The molecule has 0 aromatic heterocycles. The number of carbonyl (C=O) groups is 2. The molecule has 1 N–H and O–H groups in total. The second kappa shape index (κ2) is 5.14. The molecule has 0 amide bonds. The van der Waals surface area contributed by atoms with E-state index >= 15 is 0 Å². The van der Waals surface area contributed by atoms with Crippen LogP contribution in [0.3, 0.4) is 0 Å². The van der Waals surface area contributed by atoms with E-state index < -0.39 is 5.97 Å². The zero-order chi connectivity index (χ0) is 11.3. The number of rotatable bonds is 4. The van der Waals surface area contributed by atoms with Crippen LogP contribution in [0.25, 0.3) is 0 Å². The van der Waals surface area contributed by atoms with E-state index in [0.717, 1.165) is 5.56 Å². The monoisotopic (exact) mass is 207 g/mol. The Balaban J connectivity index is 2.40. The van der Waals surface area contributed by atoms with Crippen molar-refractivity contribution in [2.24, 2.45) is 0 Å². The van der Waals surface area contributed by atoms with E-state index in [-0.39, 0.29) is 12.2 Å². The van der Waals surface area contributed by atoms with E-state index in [2.05, 4.69) is 10.3 Å². The molecule has 0 spiro atoms. The fourth-order valence-electron chi connectivity index (χ4n) is 0.977. The van der Waals surface area contributed by atoms with Crippen LogP contribution >= 0.6 is 0 Å². The fraction of sp³-hybridized carbons (Fsp3) is 0.273. The molecule has 0 aliphatic rings.